The van der Waals surface area contributed by atoms with Gasteiger partial charge in [-0.15, -0.1) is 0 Å². The van der Waals surface area contributed by atoms with Crippen molar-refractivity contribution in [2.24, 2.45) is 0 Å². The Morgan fingerprint density at radius 1 is 1.19 bits per heavy atom. The topological polar surface area (TPSA) is 94.6 Å². The second kappa shape index (κ2) is 8.70. The highest BCUT2D eigenvalue weighted by atomic mass is 16.5. The molecule has 4 N–H and O–H groups in total. The molecule has 0 aliphatic rings. The average molecular weight is 368 g/mol. The van der Waals surface area contributed by atoms with Gasteiger partial charge in [-0.2, -0.15) is 0 Å². The van der Waals surface area contributed by atoms with E-state index in [9.17, 15) is 15.0 Å². The Bertz CT molecular complexity index is 889. The van der Waals surface area contributed by atoms with Crippen LogP contribution in [0.4, 0.5) is 0 Å². The van der Waals surface area contributed by atoms with E-state index in [0.717, 1.165) is 27.8 Å². The average Bonchev–Trinajstić information content (AvgIpc) is 3.10. The maximum atomic E-state index is 11.6. The molecule has 0 saturated heterocycles. The van der Waals surface area contributed by atoms with Crippen molar-refractivity contribution in [1.29, 1.82) is 0 Å². The van der Waals surface area contributed by atoms with Crippen molar-refractivity contribution in [3.8, 4) is 5.75 Å². The van der Waals surface area contributed by atoms with Gasteiger partial charge in [-0.25, -0.2) is 0 Å². The first-order valence-corrected chi connectivity index (χ1v) is 8.91. The molecule has 0 aliphatic carbocycles. The molecule has 142 valence electrons. The maximum absolute atomic E-state index is 11.6. The highest BCUT2D eigenvalue weighted by Crippen LogP contribution is 2.21. The number of methoxy groups -OCH3 is 1. The zero-order valence-electron chi connectivity index (χ0n) is 15.2. The van der Waals surface area contributed by atoms with Crippen LogP contribution in [0.25, 0.3) is 10.9 Å². The van der Waals surface area contributed by atoms with Gasteiger partial charge < -0.3 is 25.3 Å². The lowest BCUT2D eigenvalue weighted by molar-refractivity contribution is -0.139. The molecule has 0 saturated carbocycles. The van der Waals surface area contributed by atoms with Crippen molar-refractivity contribution >= 4 is 16.9 Å². The minimum absolute atomic E-state index is 0.373. The number of H-pyrrole nitrogens is 1. The standard InChI is InChI=1S/C21H24N2O4/c1-27-16-8-6-14(7-9-16)20(24)10-11-22-19(21(25)26)12-15-13-23-18-5-3-2-4-17(15)18/h2-9,13,19-20,22-24H,10-12H2,1H3,(H,25,26)/t19-,20?/m0/s1. The number of para-hydroxylation sites is 1. The molecule has 6 heteroatoms. The summed E-state index contributed by atoms with van der Waals surface area (Å²) in [5.74, 6) is -0.173. The van der Waals surface area contributed by atoms with E-state index in [4.69, 9.17) is 4.74 Å². The van der Waals surface area contributed by atoms with Crippen molar-refractivity contribution in [2.45, 2.75) is 25.0 Å². The third-order valence-corrected chi connectivity index (χ3v) is 4.71. The molecule has 0 aliphatic heterocycles. The lowest BCUT2D eigenvalue weighted by Crippen LogP contribution is -2.39. The molecule has 0 fully saturated rings. The number of aliphatic hydroxyl groups excluding tert-OH is 1. The molecule has 2 atom stereocenters. The lowest BCUT2D eigenvalue weighted by Gasteiger charge is -2.16. The van der Waals surface area contributed by atoms with Crippen LogP contribution in [0, 0.1) is 0 Å². The zero-order chi connectivity index (χ0) is 19.2. The van der Waals surface area contributed by atoms with E-state index >= 15 is 0 Å². The van der Waals surface area contributed by atoms with Gasteiger partial charge in [0.05, 0.1) is 13.2 Å². The predicted molar refractivity (Wildman–Crippen MR) is 104 cm³/mol. The SMILES string of the molecule is COc1ccc(C(O)CCN[C@@H](Cc2c[nH]c3ccccc23)C(=O)O)cc1. The Balaban J connectivity index is 1.57. The molecule has 3 rings (SSSR count). The first-order chi connectivity index (χ1) is 13.1. The van der Waals surface area contributed by atoms with E-state index in [-0.39, 0.29) is 0 Å². The smallest absolute Gasteiger partial charge is 0.321 e. The molecule has 0 radical (unpaired) electrons. The van der Waals surface area contributed by atoms with Crippen molar-refractivity contribution in [2.75, 3.05) is 13.7 Å². The number of hydrogen-bond donors (Lipinski definition) is 4. The number of carboxylic acids is 1. The molecule has 0 bridgehead atoms. The summed E-state index contributed by atoms with van der Waals surface area (Å²) in [6.45, 7) is 0.395. The number of nitrogens with one attached hydrogen (secondary N) is 2. The Morgan fingerprint density at radius 3 is 2.63 bits per heavy atom. The van der Waals surface area contributed by atoms with Crippen LogP contribution in [-0.4, -0.2) is 40.9 Å². The van der Waals surface area contributed by atoms with E-state index in [1.165, 1.54) is 0 Å². The molecule has 0 amide bonds. The van der Waals surface area contributed by atoms with Gasteiger partial charge >= 0.3 is 5.97 Å². The van der Waals surface area contributed by atoms with Crippen molar-refractivity contribution in [1.82, 2.24) is 10.3 Å². The number of aromatic nitrogens is 1. The molecule has 6 nitrogen and oxygen atoms in total. The monoisotopic (exact) mass is 368 g/mol. The summed E-state index contributed by atoms with van der Waals surface area (Å²) in [6, 6.07) is 14.3. The molecule has 3 aromatic rings. The fraction of sp³-hybridized carbons (Fsp3) is 0.286. The van der Waals surface area contributed by atoms with E-state index in [1.54, 1.807) is 19.2 Å². The predicted octanol–water partition coefficient (Wildman–Crippen LogP) is 2.89. The molecular formula is C21H24N2O4. The number of ether oxygens (including phenoxy) is 1. The van der Waals surface area contributed by atoms with Gasteiger partial charge in [0, 0.05) is 23.5 Å². The van der Waals surface area contributed by atoms with Gasteiger partial charge in [0.1, 0.15) is 11.8 Å². The maximum Gasteiger partial charge on any atom is 0.321 e. The van der Waals surface area contributed by atoms with E-state index in [2.05, 4.69) is 10.3 Å². The Hall–Kier alpha value is -2.83. The number of fused-ring (bicyclic) bond motifs is 1. The third kappa shape index (κ3) is 4.67. The quantitative estimate of drug-likeness (QED) is 0.466. The molecule has 2 aromatic carbocycles. The fourth-order valence-electron chi connectivity index (χ4n) is 3.15. The van der Waals surface area contributed by atoms with Crippen LogP contribution in [0.5, 0.6) is 5.75 Å². The van der Waals surface area contributed by atoms with Gasteiger partial charge in [0.15, 0.2) is 0 Å². The number of aliphatic carboxylic acids is 1. The Kier molecular flexibility index (Phi) is 6.11. The highest BCUT2D eigenvalue weighted by molar-refractivity contribution is 5.84. The van der Waals surface area contributed by atoms with Gasteiger partial charge in [0.2, 0.25) is 0 Å². The van der Waals surface area contributed by atoms with Crippen molar-refractivity contribution in [3.05, 3.63) is 65.9 Å². The summed E-state index contributed by atoms with van der Waals surface area (Å²) in [4.78, 5) is 14.8. The Morgan fingerprint density at radius 2 is 1.93 bits per heavy atom. The second-order valence-electron chi connectivity index (χ2n) is 6.49. The van der Waals surface area contributed by atoms with Gasteiger partial charge in [0.25, 0.3) is 0 Å². The highest BCUT2D eigenvalue weighted by Gasteiger charge is 2.19. The largest absolute Gasteiger partial charge is 0.497 e. The summed E-state index contributed by atoms with van der Waals surface area (Å²) in [5, 5.41) is 23.9. The molecule has 27 heavy (non-hydrogen) atoms. The van der Waals surface area contributed by atoms with Crippen LogP contribution in [0.1, 0.15) is 23.7 Å². The lowest BCUT2D eigenvalue weighted by atomic mass is 10.0. The third-order valence-electron chi connectivity index (χ3n) is 4.71. The van der Waals surface area contributed by atoms with Crippen LogP contribution in [0.2, 0.25) is 0 Å². The summed E-state index contributed by atoms with van der Waals surface area (Å²) in [6.07, 6.45) is 1.99. The molecule has 1 aromatic heterocycles. The molecule has 1 heterocycles. The number of carboxylic acid groups (broad SMARTS) is 1. The van der Waals surface area contributed by atoms with Crippen LogP contribution < -0.4 is 10.1 Å². The van der Waals surface area contributed by atoms with Crippen LogP contribution >= 0.6 is 0 Å². The summed E-state index contributed by atoms with van der Waals surface area (Å²) in [7, 11) is 1.59. The van der Waals surface area contributed by atoms with Crippen molar-refractivity contribution in [3.63, 3.8) is 0 Å². The summed E-state index contributed by atoms with van der Waals surface area (Å²) >= 11 is 0. The first-order valence-electron chi connectivity index (χ1n) is 8.91. The summed E-state index contributed by atoms with van der Waals surface area (Å²) in [5.41, 5.74) is 2.73. The van der Waals surface area contributed by atoms with E-state index in [1.807, 2.05) is 42.6 Å². The molecule has 0 spiro atoms. The minimum atomic E-state index is -0.904. The van der Waals surface area contributed by atoms with Crippen LogP contribution in [0.15, 0.2) is 54.7 Å². The van der Waals surface area contributed by atoms with E-state index < -0.39 is 18.1 Å². The zero-order valence-corrected chi connectivity index (χ0v) is 15.2. The number of rotatable bonds is 9. The number of aromatic amines is 1. The van der Waals surface area contributed by atoms with Crippen LogP contribution in [-0.2, 0) is 11.2 Å². The number of hydrogen-bond acceptors (Lipinski definition) is 4. The summed E-state index contributed by atoms with van der Waals surface area (Å²) < 4.78 is 5.11. The first kappa shape index (κ1) is 18.9. The normalized spacial score (nSPS) is 13.4. The van der Waals surface area contributed by atoms with Gasteiger partial charge in [-0.05, 0) is 42.3 Å². The Labute approximate surface area is 157 Å². The number of benzene rings is 2. The van der Waals surface area contributed by atoms with Gasteiger partial charge in [-0.1, -0.05) is 30.3 Å². The van der Waals surface area contributed by atoms with Crippen LogP contribution in [0.3, 0.4) is 0 Å². The molecule has 1 unspecified atom stereocenters. The fourth-order valence-corrected chi connectivity index (χ4v) is 3.15. The van der Waals surface area contributed by atoms with E-state index in [0.29, 0.717) is 19.4 Å². The molecular weight excluding hydrogens is 344 g/mol. The number of aliphatic hydroxyl groups is 1. The van der Waals surface area contributed by atoms with Gasteiger partial charge in [-0.3, -0.25) is 4.79 Å². The minimum Gasteiger partial charge on any atom is -0.497 e. The second-order valence-corrected chi connectivity index (χ2v) is 6.49. The number of carbonyl (C=O) groups is 1. The van der Waals surface area contributed by atoms with Crippen molar-refractivity contribution < 1.29 is 19.7 Å².